The van der Waals surface area contributed by atoms with Crippen molar-refractivity contribution in [2.24, 2.45) is 0 Å². The Labute approximate surface area is 187 Å². The largest absolute Gasteiger partial charge is 0.462 e. The monoisotopic (exact) mass is 422 g/mol. The average Bonchev–Trinajstić information content (AvgIpc) is 2.72. The van der Waals surface area contributed by atoms with E-state index in [0.29, 0.717) is 18.8 Å². The van der Waals surface area contributed by atoms with Crippen molar-refractivity contribution in [2.45, 2.75) is 123 Å². The van der Waals surface area contributed by atoms with E-state index in [1.165, 1.54) is 96.3 Å². The molecule has 0 aromatic rings. The first-order chi connectivity index (χ1) is 14.6. The van der Waals surface area contributed by atoms with E-state index in [1.54, 1.807) is 0 Å². The van der Waals surface area contributed by atoms with Crippen LogP contribution in [0, 0.1) is 0 Å². The van der Waals surface area contributed by atoms with Crippen LogP contribution in [0.15, 0.2) is 24.3 Å². The fourth-order valence-electron chi connectivity index (χ4n) is 3.50. The van der Waals surface area contributed by atoms with Gasteiger partial charge >= 0.3 is 5.97 Å². The highest BCUT2D eigenvalue weighted by atomic mass is 16.5. The second kappa shape index (κ2) is 22.6. The Kier molecular flexibility index (Phi) is 21.8. The fraction of sp³-hybridized carbons (Fsp3) is 0.815. The molecule has 176 valence electrons. The molecular formula is C27H50O3. The Balaban J connectivity index is 3.23. The van der Waals surface area contributed by atoms with E-state index in [0.717, 1.165) is 18.4 Å². The molecule has 30 heavy (non-hydrogen) atoms. The van der Waals surface area contributed by atoms with E-state index in [2.05, 4.69) is 20.1 Å². The van der Waals surface area contributed by atoms with Gasteiger partial charge in [0.25, 0.3) is 0 Å². The summed E-state index contributed by atoms with van der Waals surface area (Å²) in [7, 11) is 0. The molecule has 0 aromatic carbocycles. The van der Waals surface area contributed by atoms with E-state index in [1.807, 2.05) is 6.92 Å². The Morgan fingerprint density at radius 2 is 1.03 bits per heavy atom. The molecule has 3 nitrogen and oxygen atoms in total. The summed E-state index contributed by atoms with van der Waals surface area (Å²) in [4.78, 5) is 11.8. The first-order valence-corrected chi connectivity index (χ1v) is 12.6. The molecule has 0 bridgehead atoms. The molecule has 0 aliphatic carbocycles. The van der Waals surface area contributed by atoms with Crippen molar-refractivity contribution < 1.29 is 14.3 Å². The molecule has 0 aliphatic rings. The minimum absolute atomic E-state index is 0.213. The predicted octanol–water partition coefficient (Wildman–Crippen LogP) is 8.33. The molecule has 0 saturated carbocycles. The molecule has 0 fully saturated rings. The van der Waals surface area contributed by atoms with Gasteiger partial charge in [-0.05, 0) is 13.3 Å². The second-order valence-corrected chi connectivity index (χ2v) is 8.85. The standard InChI is InChI=1S/C27H50O3/c1-5-6-7-8-9-10-11-12-13-14-15-16-17-18-19-20-21-22-30-27(28)26(4)24-29-23-25(2)3/h2,4-24H2,1,3H3. The number of hydrogen-bond donors (Lipinski definition) is 0. The van der Waals surface area contributed by atoms with Gasteiger partial charge in [0.2, 0.25) is 0 Å². The van der Waals surface area contributed by atoms with Crippen molar-refractivity contribution in [3.8, 4) is 0 Å². The topological polar surface area (TPSA) is 35.5 Å². The molecule has 0 aromatic heterocycles. The number of unbranched alkanes of at least 4 members (excludes halogenated alkanes) is 16. The number of hydrogen-bond acceptors (Lipinski definition) is 3. The van der Waals surface area contributed by atoms with Crippen LogP contribution in [0.5, 0.6) is 0 Å². The van der Waals surface area contributed by atoms with E-state index < -0.39 is 0 Å². The van der Waals surface area contributed by atoms with Crippen LogP contribution in [0.25, 0.3) is 0 Å². The molecule has 0 saturated heterocycles. The van der Waals surface area contributed by atoms with Gasteiger partial charge in [-0.2, -0.15) is 0 Å². The van der Waals surface area contributed by atoms with Gasteiger partial charge in [-0.3, -0.25) is 0 Å². The van der Waals surface area contributed by atoms with Gasteiger partial charge in [0, 0.05) is 0 Å². The highest BCUT2D eigenvalue weighted by Crippen LogP contribution is 2.14. The van der Waals surface area contributed by atoms with Crippen LogP contribution in [0.3, 0.4) is 0 Å². The van der Waals surface area contributed by atoms with Crippen LogP contribution < -0.4 is 0 Å². The van der Waals surface area contributed by atoms with Gasteiger partial charge in [0.15, 0.2) is 0 Å². The molecule has 0 rings (SSSR count). The third-order valence-electron chi connectivity index (χ3n) is 5.39. The molecule has 0 radical (unpaired) electrons. The van der Waals surface area contributed by atoms with Crippen LogP contribution in [0.2, 0.25) is 0 Å². The van der Waals surface area contributed by atoms with Crippen molar-refractivity contribution in [1.82, 2.24) is 0 Å². The molecule has 0 unspecified atom stereocenters. The molecule has 3 heteroatoms. The lowest BCUT2D eigenvalue weighted by atomic mass is 10.0. The highest BCUT2D eigenvalue weighted by Gasteiger charge is 2.08. The smallest absolute Gasteiger partial charge is 0.335 e. The van der Waals surface area contributed by atoms with Gasteiger partial charge in [-0.15, -0.1) is 0 Å². The van der Waals surface area contributed by atoms with Crippen molar-refractivity contribution >= 4 is 5.97 Å². The van der Waals surface area contributed by atoms with E-state index >= 15 is 0 Å². The summed E-state index contributed by atoms with van der Waals surface area (Å²) in [6.45, 7) is 12.8. The van der Waals surface area contributed by atoms with Crippen LogP contribution in [0.4, 0.5) is 0 Å². The van der Waals surface area contributed by atoms with Crippen molar-refractivity contribution in [3.05, 3.63) is 24.3 Å². The van der Waals surface area contributed by atoms with Crippen molar-refractivity contribution in [3.63, 3.8) is 0 Å². The quantitative estimate of drug-likeness (QED) is 0.0718. The molecule has 0 aliphatic heterocycles. The summed E-state index contributed by atoms with van der Waals surface area (Å²) >= 11 is 0. The van der Waals surface area contributed by atoms with Gasteiger partial charge in [0.1, 0.15) is 0 Å². The molecule has 0 amide bonds. The Morgan fingerprint density at radius 1 is 0.633 bits per heavy atom. The average molecular weight is 423 g/mol. The number of carbonyl (C=O) groups excluding carboxylic acids is 1. The summed E-state index contributed by atoms with van der Waals surface area (Å²) in [6, 6.07) is 0. The summed E-state index contributed by atoms with van der Waals surface area (Å²) in [5.74, 6) is -0.340. The van der Waals surface area contributed by atoms with Crippen LogP contribution in [-0.2, 0) is 14.3 Å². The molecule has 0 N–H and O–H groups in total. The lowest BCUT2D eigenvalue weighted by Crippen LogP contribution is -2.13. The minimum atomic E-state index is -0.340. The summed E-state index contributed by atoms with van der Waals surface area (Å²) < 4.78 is 10.6. The lowest BCUT2D eigenvalue weighted by Gasteiger charge is -2.08. The fourth-order valence-corrected chi connectivity index (χ4v) is 3.50. The van der Waals surface area contributed by atoms with Crippen molar-refractivity contribution in [2.75, 3.05) is 19.8 Å². The summed E-state index contributed by atoms with van der Waals surface area (Å²) in [5.41, 5.74) is 1.31. The normalized spacial score (nSPS) is 10.9. The number of carbonyl (C=O) groups is 1. The van der Waals surface area contributed by atoms with Gasteiger partial charge in [-0.25, -0.2) is 4.79 Å². The third-order valence-corrected chi connectivity index (χ3v) is 5.39. The predicted molar refractivity (Wildman–Crippen MR) is 130 cm³/mol. The number of rotatable bonds is 23. The minimum Gasteiger partial charge on any atom is -0.462 e. The van der Waals surface area contributed by atoms with Crippen LogP contribution >= 0.6 is 0 Å². The second-order valence-electron chi connectivity index (χ2n) is 8.85. The van der Waals surface area contributed by atoms with Gasteiger partial charge in [0.05, 0.1) is 25.4 Å². The number of esters is 1. The molecule has 0 atom stereocenters. The maximum absolute atomic E-state index is 11.8. The van der Waals surface area contributed by atoms with Crippen LogP contribution in [0.1, 0.15) is 123 Å². The Bertz CT molecular complexity index is 428. The maximum Gasteiger partial charge on any atom is 0.335 e. The first-order valence-electron chi connectivity index (χ1n) is 12.6. The number of ether oxygens (including phenoxy) is 2. The zero-order valence-electron chi connectivity index (χ0n) is 20.3. The van der Waals surface area contributed by atoms with E-state index in [4.69, 9.17) is 9.47 Å². The Morgan fingerprint density at radius 3 is 1.43 bits per heavy atom. The third kappa shape index (κ3) is 21.6. The first kappa shape index (κ1) is 28.9. The zero-order chi connectivity index (χ0) is 22.3. The van der Waals surface area contributed by atoms with Gasteiger partial charge in [-0.1, -0.05) is 128 Å². The summed E-state index contributed by atoms with van der Waals surface area (Å²) in [6.07, 6.45) is 22.9. The summed E-state index contributed by atoms with van der Waals surface area (Å²) in [5, 5.41) is 0. The molecule has 0 spiro atoms. The Hall–Kier alpha value is -1.09. The molecule has 0 heterocycles. The molecular weight excluding hydrogens is 372 g/mol. The zero-order valence-corrected chi connectivity index (χ0v) is 20.3. The SMILES string of the molecule is C=C(C)COCC(=C)C(=O)OCCCCCCCCCCCCCCCCCCC. The maximum atomic E-state index is 11.8. The van der Waals surface area contributed by atoms with E-state index in [9.17, 15) is 4.79 Å². The van der Waals surface area contributed by atoms with E-state index in [-0.39, 0.29) is 12.6 Å². The van der Waals surface area contributed by atoms with Gasteiger partial charge < -0.3 is 9.47 Å². The van der Waals surface area contributed by atoms with Crippen LogP contribution in [-0.4, -0.2) is 25.8 Å². The lowest BCUT2D eigenvalue weighted by molar-refractivity contribution is -0.139. The highest BCUT2D eigenvalue weighted by molar-refractivity contribution is 5.87. The van der Waals surface area contributed by atoms with Crippen molar-refractivity contribution in [1.29, 1.82) is 0 Å².